The van der Waals surface area contributed by atoms with Crippen LogP contribution in [-0.2, 0) is 29.4 Å². The largest absolute Gasteiger partial charge is 0.399 e. The molecule has 0 bridgehead atoms. The Morgan fingerprint density at radius 2 is 1.70 bits per heavy atom. The van der Waals surface area contributed by atoms with Crippen LogP contribution >= 0.6 is 7.60 Å². The Kier molecular flexibility index (Phi) is 9.48. The van der Waals surface area contributed by atoms with Gasteiger partial charge in [0.05, 0.1) is 0 Å². The molecule has 2 aliphatic rings. The maximum absolute atomic E-state index is 13.9. The maximum atomic E-state index is 13.9. The minimum Gasteiger partial charge on any atom is -0.340 e. The lowest BCUT2D eigenvalue weighted by atomic mass is 10.1. The molecule has 0 unspecified atom stereocenters. The van der Waals surface area contributed by atoms with Gasteiger partial charge in [-0.1, -0.05) is 42.5 Å². The smallest absolute Gasteiger partial charge is 0.340 e. The first kappa shape index (κ1) is 32.0. The predicted octanol–water partition coefficient (Wildman–Crippen LogP) is 2.69. The molecule has 230 valence electrons. The number of anilines is 1. The lowest BCUT2D eigenvalue weighted by Gasteiger charge is -2.39. The molecule has 0 aromatic heterocycles. The third-order valence-corrected chi connectivity index (χ3v) is 8.75. The summed E-state index contributed by atoms with van der Waals surface area (Å²) in [5.74, 6) is -1.72. The second-order valence-electron chi connectivity index (χ2n) is 10.6. The normalized spacial score (nSPS) is 21.3. The van der Waals surface area contributed by atoms with Crippen LogP contribution in [0.1, 0.15) is 37.3 Å². The number of halogens is 2. The minimum absolute atomic E-state index is 0.0987. The summed E-state index contributed by atoms with van der Waals surface area (Å²) in [6.45, 7) is 1.61. The number of para-hydroxylation sites is 1. The van der Waals surface area contributed by atoms with Crippen LogP contribution in [0.2, 0.25) is 0 Å². The van der Waals surface area contributed by atoms with Crippen molar-refractivity contribution in [3.8, 4) is 0 Å². The summed E-state index contributed by atoms with van der Waals surface area (Å²) in [5.41, 5.74) is -4.29. The Morgan fingerprint density at radius 1 is 1.05 bits per heavy atom. The van der Waals surface area contributed by atoms with E-state index in [-0.39, 0.29) is 30.0 Å². The molecule has 0 aliphatic carbocycles. The van der Waals surface area contributed by atoms with Gasteiger partial charge in [-0.2, -0.15) is 8.78 Å². The molecule has 3 atom stereocenters. The number of hydrogen-bond acceptors (Lipinski definition) is 5. The van der Waals surface area contributed by atoms with Crippen molar-refractivity contribution in [2.24, 2.45) is 0 Å². The van der Waals surface area contributed by atoms with Gasteiger partial charge in [-0.15, -0.1) is 0 Å². The van der Waals surface area contributed by atoms with Crippen molar-refractivity contribution in [1.29, 1.82) is 0 Å². The highest BCUT2D eigenvalue weighted by Gasteiger charge is 2.50. The molecule has 0 radical (unpaired) electrons. The second-order valence-corrected chi connectivity index (χ2v) is 12.2. The number of carbonyl (C=O) groups is 4. The highest BCUT2D eigenvalue weighted by Crippen LogP contribution is 2.59. The zero-order chi connectivity index (χ0) is 31.5. The molecule has 4 amide bonds. The fourth-order valence-electron chi connectivity index (χ4n) is 5.37. The van der Waals surface area contributed by atoms with Gasteiger partial charge < -0.3 is 29.8 Å². The van der Waals surface area contributed by atoms with Crippen LogP contribution in [-0.4, -0.2) is 81.5 Å². The van der Waals surface area contributed by atoms with E-state index in [1.54, 1.807) is 31.3 Å². The van der Waals surface area contributed by atoms with E-state index in [4.69, 9.17) is 9.79 Å². The van der Waals surface area contributed by atoms with E-state index in [1.807, 2.05) is 6.07 Å². The topological polar surface area (TPSA) is 148 Å². The number of amides is 4. The fraction of sp³-hybridized carbons (Fsp3) is 0.379. The van der Waals surface area contributed by atoms with Crippen LogP contribution in [0, 0.1) is 0 Å². The molecular formula is C29H33F2N4O7P. The van der Waals surface area contributed by atoms with Crippen LogP contribution in [0.3, 0.4) is 0 Å². The quantitative estimate of drug-likeness (QED) is 0.319. The van der Waals surface area contributed by atoms with Crippen LogP contribution < -0.4 is 10.2 Å². The fourth-order valence-corrected chi connectivity index (χ4v) is 5.85. The highest BCUT2D eigenvalue weighted by molar-refractivity contribution is 7.52. The Bertz CT molecular complexity index is 1450. The Morgan fingerprint density at radius 3 is 2.30 bits per heavy atom. The molecule has 14 heteroatoms. The lowest BCUT2D eigenvalue weighted by Crippen LogP contribution is -2.61. The summed E-state index contributed by atoms with van der Waals surface area (Å²) in [5, 5.41) is 2.62. The SMILES string of the molecule is CC(=O)N1CC[C@H]2CC[C@@H](C(=O)N(C)c3ccccc3)N2C(=O)[C@@H](NC(=O)/C=C/c2ccc(C(F)(F)P(=O)(O)O)cc2)C1. The first-order chi connectivity index (χ1) is 20.2. The van der Waals surface area contributed by atoms with Gasteiger partial charge in [-0.25, -0.2) is 0 Å². The summed E-state index contributed by atoms with van der Waals surface area (Å²) in [6.07, 6.45) is 3.85. The van der Waals surface area contributed by atoms with Gasteiger partial charge in [0.2, 0.25) is 23.6 Å². The van der Waals surface area contributed by atoms with Gasteiger partial charge in [0.1, 0.15) is 12.1 Å². The van der Waals surface area contributed by atoms with Crippen LogP contribution in [0.5, 0.6) is 0 Å². The molecule has 43 heavy (non-hydrogen) atoms. The number of likely N-dealkylation sites (N-methyl/N-ethyl adjacent to an activating group) is 1. The first-order valence-electron chi connectivity index (χ1n) is 13.6. The van der Waals surface area contributed by atoms with Crippen molar-refractivity contribution in [2.45, 2.75) is 50.0 Å². The van der Waals surface area contributed by atoms with Crippen molar-refractivity contribution < 1.29 is 42.3 Å². The Balaban J connectivity index is 1.52. The van der Waals surface area contributed by atoms with Gasteiger partial charge in [0.15, 0.2) is 0 Å². The van der Waals surface area contributed by atoms with Gasteiger partial charge in [0, 0.05) is 50.4 Å². The number of nitrogens with one attached hydrogen (secondary N) is 1. The van der Waals surface area contributed by atoms with E-state index in [1.165, 1.54) is 27.7 Å². The average Bonchev–Trinajstić information content (AvgIpc) is 3.39. The van der Waals surface area contributed by atoms with E-state index < -0.39 is 42.7 Å². The molecule has 11 nitrogen and oxygen atoms in total. The van der Waals surface area contributed by atoms with Crippen LogP contribution in [0.25, 0.3) is 6.08 Å². The van der Waals surface area contributed by atoms with Crippen molar-refractivity contribution in [3.63, 3.8) is 0 Å². The van der Waals surface area contributed by atoms with Crippen LogP contribution in [0.15, 0.2) is 60.7 Å². The third-order valence-electron chi connectivity index (χ3n) is 7.76. The molecule has 2 saturated heterocycles. The Hall–Kier alpha value is -3.93. The number of alkyl halides is 2. The molecule has 4 rings (SSSR count). The van der Waals surface area contributed by atoms with Crippen molar-refractivity contribution in [1.82, 2.24) is 15.1 Å². The van der Waals surface area contributed by atoms with Crippen molar-refractivity contribution in [2.75, 3.05) is 25.0 Å². The number of carbonyl (C=O) groups excluding carboxylic acids is 4. The van der Waals surface area contributed by atoms with Gasteiger partial charge in [-0.3, -0.25) is 23.7 Å². The van der Waals surface area contributed by atoms with E-state index >= 15 is 0 Å². The first-order valence-corrected chi connectivity index (χ1v) is 15.2. The van der Waals surface area contributed by atoms with E-state index in [9.17, 15) is 32.5 Å². The zero-order valence-electron chi connectivity index (χ0n) is 23.6. The lowest BCUT2D eigenvalue weighted by molar-refractivity contribution is -0.145. The average molecular weight is 619 g/mol. The highest BCUT2D eigenvalue weighted by atomic mass is 31.2. The van der Waals surface area contributed by atoms with E-state index in [2.05, 4.69) is 5.32 Å². The number of benzene rings is 2. The summed E-state index contributed by atoms with van der Waals surface area (Å²) in [6, 6.07) is 10.8. The van der Waals surface area contributed by atoms with E-state index in [0.29, 0.717) is 31.5 Å². The summed E-state index contributed by atoms with van der Waals surface area (Å²) < 4.78 is 39.0. The number of fused-ring (bicyclic) bond motifs is 1. The molecule has 3 N–H and O–H groups in total. The summed E-state index contributed by atoms with van der Waals surface area (Å²) in [4.78, 5) is 74.9. The number of nitrogens with zero attached hydrogens (tertiary/aromatic N) is 3. The molecular weight excluding hydrogens is 585 g/mol. The van der Waals surface area contributed by atoms with E-state index in [0.717, 1.165) is 30.3 Å². The maximum Gasteiger partial charge on any atom is 0.399 e. The van der Waals surface area contributed by atoms with Gasteiger partial charge >= 0.3 is 13.3 Å². The van der Waals surface area contributed by atoms with Crippen molar-refractivity contribution >= 4 is 43.0 Å². The molecule has 0 saturated carbocycles. The molecule has 2 fully saturated rings. The molecule has 0 spiro atoms. The number of rotatable bonds is 7. The number of hydrogen-bond donors (Lipinski definition) is 3. The minimum atomic E-state index is -5.73. The molecule has 2 aliphatic heterocycles. The molecule has 2 heterocycles. The second kappa shape index (κ2) is 12.7. The standard InChI is InChI=1S/C29H33F2N4O7P/c1-19(36)34-17-16-23-13-14-25(28(39)33(2)22-6-4-3-5-7-22)35(23)27(38)24(18-34)32-26(37)15-10-20-8-11-21(12-9-20)29(30,31)43(40,41)42/h3-12,15,23-25H,13-14,16-18H2,1-2H3,(H,32,37)(H2,40,41,42)/b15-10+/t23-,24+,25+/m1/s1. The molecule has 2 aromatic carbocycles. The summed E-state index contributed by atoms with van der Waals surface area (Å²) in [7, 11) is -4.09. The zero-order valence-corrected chi connectivity index (χ0v) is 24.5. The third kappa shape index (κ3) is 7.01. The van der Waals surface area contributed by atoms with Crippen molar-refractivity contribution in [3.05, 3.63) is 71.8 Å². The van der Waals surface area contributed by atoms with Gasteiger partial charge in [-0.05, 0) is 43.0 Å². The van der Waals surface area contributed by atoms with Gasteiger partial charge in [0.25, 0.3) is 0 Å². The Labute approximate surface area is 247 Å². The molecule has 2 aromatic rings. The monoisotopic (exact) mass is 618 g/mol. The van der Waals surface area contributed by atoms with Crippen LogP contribution in [0.4, 0.5) is 14.5 Å². The predicted molar refractivity (Wildman–Crippen MR) is 154 cm³/mol. The summed E-state index contributed by atoms with van der Waals surface area (Å²) >= 11 is 0.